The van der Waals surface area contributed by atoms with E-state index in [0.29, 0.717) is 18.1 Å². The van der Waals surface area contributed by atoms with Crippen molar-refractivity contribution in [1.82, 2.24) is 10.6 Å². The topological polar surface area (TPSA) is 54.9 Å². The molecular formula is C20H25F2N3O2. The van der Waals surface area contributed by atoms with Gasteiger partial charge in [0, 0.05) is 25.7 Å². The number of aryl methyl sites for hydroxylation is 1. The number of benzene rings is 2. The summed E-state index contributed by atoms with van der Waals surface area (Å²) in [6, 6.07) is 14.7. The summed E-state index contributed by atoms with van der Waals surface area (Å²) >= 11 is 0. The van der Waals surface area contributed by atoms with Gasteiger partial charge in [-0.2, -0.15) is 8.78 Å². The molecule has 0 amide bonds. The van der Waals surface area contributed by atoms with Crippen LogP contribution in [0.15, 0.2) is 53.5 Å². The Morgan fingerprint density at radius 3 is 2.67 bits per heavy atom. The lowest BCUT2D eigenvalue weighted by molar-refractivity contribution is -0.0504. The molecule has 2 rings (SSSR count). The number of aliphatic imine (C=N–C) groups is 1. The van der Waals surface area contributed by atoms with E-state index in [2.05, 4.69) is 26.4 Å². The summed E-state index contributed by atoms with van der Waals surface area (Å²) in [5, 5.41) is 6.33. The highest BCUT2D eigenvalue weighted by Crippen LogP contribution is 2.19. The van der Waals surface area contributed by atoms with Crippen LogP contribution < -0.4 is 20.1 Å². The van der Waals surface area contributed by atoms with Crippen molar-refractivity contribution in [3.8, 4) is 11.5 Å². The largest absolute Gasteiger partial charge is 0.497 e. The maximum absolute atomic E-state index is 12.5. The highest BCUT2D eigenvalue weighted by molar-refractivity contribution is 5.79. The van der Waals surface area contributed by atoms with Crippen molar-refractivity contribution in [2.75, 3.05) is 20.7 Å². The Balaban J connectivity index is 1.78. The third-order valence-electron chi connectivity index (χ3n) is 3.93. The molecule has 0 bridgehead atoms. The predicted molar refractivity (Wildman–Crippen MR) is 103 cm³/mol. The molecule has 0 unspecified atom stereocenters. The molecule has 7 heteroatoms. The average Bonchev–Trinajstić information content (AvgIpc) is 2.68. The number of alkyl halides is 2. The molecule has 146 valence electrons. The fourth-order valence-electron chi connectivity index (χ4n) is 2.59. The minimum atomic E-state index is -2.85. The van der Waals surface area contributed by atoms with Crippen molar-refractivity contribution in [2.24, 2.45) is 4.99 Å². The molecule has 2 aromatic carbocycles. The normalized spacial score (nSPS) is 11.4. The first-order chi connectivity index (χ1) is 13.1. The van der Waals surface area contributed by atoms with Crippen LogP contribution in [0.2, 0.25) is 0 Å². The Bertz CT molecular complexity index is 739. The standard InChI is InChI=1S/C20H25F2N3O2/c1-23-20(24-12-6-8-15-7-5-10-17(13-15)26-2)25-14-16-9-3-4-11-18(16)27-19(21)22/h3-5,7,9-11,13,19H,6,8,12,14H2,1-2H3,(H2,23,24,25). The molecule has 0 heterocycles. The van der Waals surface area contributed by atoms with E-state index in [0.717, 1.165) is 25.1 Å². The van der Waals surface area contributed by atoms with Gasteiger partial charge in [0.2, 0.25) is 0 Å². The molecule has 0 aromatic heterocycles. The van der Waals surface area contributed by atoms with Crippen LogP contribution in [0.25, 0.3) is 0 Å². The third-order valence-corrected chi connectivity index (χ3v) is 3.93. The van der Waals surface area contributed by atoms with Gasteiger partial charge in [-0.15, -0.1) is 0 Å². The molecule has 0 fully saturated rings. The molecule has 0 saturated heterocycles. The summed E-state index contributed by atoms with van der Waals surface area (Å²) in [6.07, 6.45) is 1.82. The number of para-hydroxylation sites is 1. The van der Waals surface area contributed by atoms with Gasteiger partial charge >= 0.3 is 6.61 Å². The zero-order valence-electron chi connectivity index (χ0n) is 15.5. The van der Waals surface area contributed by atoms with Crippen molar-refractivity contribution in [1.29, 1.82) is 0 Å². The molecule has 27 heavy (non-hydrogen) atoms. The van der Waals surface area contributed by atoms with Crippen LogP contribution in [-0.2, 0) is 13.0 Å². The summed E-state index contributed by atoms with van der Waals surface area (Å²) in [6.45, 7) is -1.79. The lowest BCUT2D eigenvalue weighted by Crippen LogP contribution is -2.37. The summed E-state index contributed by atoms with van der Waals surface area (Å²) in [5.74, 6) is 1.61. The maximum atomic E-state index is 12.5. The van der Waals surface area contributed by atoms with E-state index in [1.807, 2.05) is 18.2 Å². The molecular weight excluding hydrogens is 352 g/mol. The summed E-state index contributed by atoms with van der Waals surface area (Å²) in [7, 11) is 3.32. The first kappa shape index (κ1) is 20.5. The molecule has 0 aliphatic rings. The molecule has 0 spiro atoms. The van der Waals surface area contributed by atoms with E-state index < -0.39 is 6.61 Å². The van der Waals surface area contributed by atoms with E-state index in [1.54, 1.807) is 32.4 Å². The van der Waals surface area contributed by atoms with Gasteiger partial charge in [0.15, 0.2) is 5.96 Å². The first-order valence-corrected chi connectivity index (χ1v) is 8.72. The highest BCUT2D eigenvalue weighted by atomic mass is 19.3. The van der Waals surface area contributed by atoms with E-state index in [4.69, 9.17) is 4.74 Å². The predicted octanol–water partition coefficient (Wildman–Crippen LogP) is 3.59. The zero-order valence-corrected chi connectivity index (χ0v) is 15.5. The number of methoxy groups -OCH3 is 1. The molecule has 0 radical (unpaired) electrons. The summed E-state index contributed by atoms with van der Waals surface area (Å²) in [4.78, 5) is 4.15. The molecule has 0 atom stereocenters. The van der Waals surface area contributed by atoms with Crippen molar-refractivity contribution in [2.45, 2.75) is 26.0 Å². The van der Waals surface area contributed by atoms with Crippen LogP contribution in [0, 0.1) is 0 Å². The van der Waals surface area contributed by atoms with E-state index in [-0.39, 0.29) is 5.75 Å². The number of hydrogen-bond acceptors (Lipinski definition) is 3. The number of halogens is 2. The highest BCUT2D eigenvalue weighted by Gasteiger charge is 2.09. The van der Waals surface area contributed by atoms with Crippen LogP contribution in [0.4, 0.5) is 8.78 Å². The van der Waals surface area contributed by atoms with Crippen molar-refractivity contribution in [3.63, 3.8) is 0 Å². The van der Waals surface area contributed by atoms with Crippen LogP contribution in [0.1, 0.15) is 17.5 Å². The number of nitrogens with one attached hydrogen (secondary N) is 2. The molecule has 0 saturated carbocycles. The second-order valence-corrected chi connectivity index (χ2v) is 5.79. The number of ether oxygens (including phenoxy) is 2. The van der Waals surface area contributed by atoms with Crippen LogP contribution in [0.3, 0.4) is 0 Å². The van der Waals surface area contributed by atoms with E-state index >= 15 is 0 Å². The van der Waals surface area contributed by atoms with Gasteiger partial charge in [-0.3, -0.25) is 4.99 Å². The van der Waals surface area contributed by atoms with Crippen LogP contribution >= 0.6 is 0 Å². The molecule has 0 aliphatic heterocycles. The van der Waals surface area contributed by atoms with Gasteiger partial charge in [0.1, 0.15) is 11.5 Å². The van der Waals surface area contributed by atoms with Crippen molar-refractivity contribution in [3.05, 3.63) is 59.7 Å². The lowest BCUT2D eigenvalue weighted by Gasteiger charge is -2.14. The van der Waals surface area contributed by atoms with Gasteiger partial charge in [0.05, 0.1) is 7.11 Å². The third kappa shape index (κ3) is 7.13. The van der Waals surface area contributed by atoms with E-state index in [1.165, 1.54) is 11.6 Å². The summed E-state index contributed by atoms with van der Waals surface area (Å²) < 4.78 is 34.7. The molecule has 0 aliphatic carbocycles. The van der Waals surface area contributed by atoms with Crippen LogP contribution in [0.5, 0.6) is 11.5 Å². The maximum Gasteiger partial charge on any atom is 0.387 e. The quantitative estimate of drug-likeness (QED) is 0.398. The number of rotatable bonds is 9. The van der Waals surface area contributed by atoms with Crippen molar-refractivity contribution >= 4 is 5.96 Å². The molecule has 2 aromatic rings. The van der Waals surface area contributed by atoms with Gasteiger partial charge in [-0.05, 0) is 36.6 Å². The van der Waals surface area contributed by atoms with Gasteiger partial charge < -0.3 is 20.1 Å². The monoisotopic (exact) mass is 377 g/mol. The molecule has 2 N–H and O–H groups in total. The Morgan fingerprint density at radius 2 is 1.93 bits per heavy atom. The zero-order chi connectivity index (χ0) is 19.5. The Morgan fingerprint density at radius 1 is 1.11 bits per heavy atom. The van der Waals surface area contributed by atoms with Gasteiger partial charge in [-0.1, -0.05) is 30.3 Å². The van der Waals surface area contributed by atoms with Crippen LogP contribution in [-0.4, -0.2) is 33.3 Å². The van der Waals surface area contributed by atoms with E-state index in [9.17, 15) is 8.78 Å². The molecule has 5 nitrogen and oxygen atoms in total. The summed E-state index contributed by atoms with van der Waals surface area (Å²) in [5.41, 5.74) is 1.84. The number of hydrogen-bond donors (Lipinski definition) is 2. The number of nitrogens with zero attached hydrogens (tertiary/aromatic N) is 1. The van der Waals surface area contributed by atoms with Gasteiger partial charge in [0.25, 0.3) is 0 Å². The lowest BCUT2D eigenvalue weighted by atomic mass is 10.1. The second-order valence-electron chi connectivity index (χ2n) is 5.79. The Labute approximate surface area is 158 Å². The second kappa shape index (κ2) is 11.0. The average molecular weight is 377 g/mol. The number of guanidine groups is 1. The fourth-order valence-corrected chi connectivity index (χ4v) is 2.59. The Kier molecular flexibility index (Phi) is 8.35. The fraction of sp³-hybridized carbons (Fsp3) is 0.350. The van der Waals surface area contributed by atoms with Crippen molar-refractivity contribution < 1.29 is 18.3 Å². The minimum Gasteiger partial charge on any atom is -0.497 e. The Hall–Kier alpha value is -2.83. The SMILES string of the molecule is CN=C(NCCCc1cccc(OC)c1)NCc1ccccc1OC(F)F. The first-order valence-electron chi connectivity index (χ1n) is 8.72. The smallest absolute Gasteiger partial charge is 0.387 e. The van der Waals surface area contributed by atoms with Gasteiger partial charge in [-0.25, -0.2) is 0 Å². The minimum absolute atomic E-state index is 0.161.